The average Bonchev–Trinajstić information content (AvgIpc) is 2.52. The molecule has 6 nitrogen and oxygen atoms in total. The summed E-state index contributed by atoms with van der Waals surface area (Å²) in [5, 5.41) is 0. The first-order valence-electron chi connectivity index (χ1n) is 7.62. The van der Waals surface area contributed by atoms with Crippen molar-refractivity contribution in [2.24, 2.45) is 5.92 Å². The van der Waals surface area contributed by atoms with E-state index in [4.69, 9.17) is 4.74 Å². The van der Waals surface area contributed by atoms with Crippen molar-refractivity contribution in [1.29, 1.82) is 0 Å². The van der Waals surface area contributed by atoms with E-state index in [1.165, 1.54) is 19.2 Å². The van der Waals surface area contributed by atoms with Gasteiger partial charge in [-0.3, -0.25) is 4.79 Å². The number of ether oxygens (including phenoxy) is 1. The molecule has 0 saturated carbocycles. The molecule has 1 aromatic rings. The van der Waals surface area contributed by atoms with Crippen molar-refractivity contribution in [3.63, 3.8) is 0 Å². The molecule has 1 amide bonds. The Morgan fingerprint density at radius 2 is 2.04 bits per heavy atom. The number of carbonyl (C=O) groups excluding carboxylic acids is 1. The first-order chi connectivity index (χ1) is 10.8. The van der Waals surface area contributed by atoms with Gasteiger partial charge in [0, 0.05) is 32.8 Å². The number of rotatable bonds is 9. The van der Waals surface area contributed by atoms with Crippen LogP contribution >= 0.6 is 0 Å². The average molecular weight is 342 g/mol. The molecule has 0 aliphatic heterocycles. The van der Waals surface area contributed by atoms with Crippen LogP contribution in [0.25, 0.3) is 0 Å². The van der Waals surface area contributed by atoms with Gasteiger partial charge in [0.05, 0.1) is 11.5 Å². The molecule has 1 aromatic carbocycles. The normalized spacial score (nSPS) is 11.7. The molecule has 0 spiro atoms. The number of nitrogens with zero attached hydrogens (tertiary/aromatic N) is 1. The highest BCUT2D eigenvalue weighted by Gasteiger charge is 2.17. The Labute approximate surface area is 138 Å². The van der Waals surface area contributed by atoms with Gasteiger partial charge in [0.1, 0.15) is 0 Å². The van der Waals surface area contributed by atoms with Crippen molar-refractivity contribution < 1.29 is 17.9 Å². The molecular weight excluding hydrogens is 316 g/mol. The number of methoxy groups -OCH3 is 1. The minimum atomic E-state index is -3.64. The van der Waals surface area contributed by atoms with Crippen LogP contribution < -0.4 is 4.72 Å². The van der Waals surface area contributed by atoms with Crippen molar-refractivity contribution in [3.05, 3.63) is 29.8 Å². The largest absolute Gasteiger partial charge is 0.383 e. The van der Waals surface area contributed by atoms with Gasteiger partial charge < -0.3 is 9.64 Å². The van der Waals surface area contributed by atoms with Gasteiger partial charge in [-0.15, -0.1) is 0 Å². The van der Waals surface area contributed by atoms with Crippen molar-refractivity contribution >= 4 is 15.9 Å². The summed E-state index contributed by atoms with van der Waals surface area (Å²) >= 11 is 0. The molecule has 0 radical (unpaired) electrons. The van der Waals surface area contributed by atoms with Crippen LogP contribution in [0.3, 0.4) is 0 Å². The number of nitrogens with one attached hydrogen (secondary N) is 1. The smallest absolute Gasteiger partial charge is 0.253 e. The minimum Gasteiger partial charge on any atom is -0.383 e. The maximum atomic E-state index is 12.4. The Bertz CT molecular complexity index is 614. The molecule has 7 heteroatoms. The molecule has 23 heavy (non-hydrogen) atoms. The molecule has 0 unspecified atom stereocenters. The zero-order chi connectivity index (χ0) is 17.5. The zero-order valence-corrected chi connectivity index (χ0v) is 15.0. The topological polar surface area (TPSA) is 75.7 Å². The van der Waals surface area contributed by atoms with Crippen LogP contribution in [0.1, 0.15) is 30.6 Å². The van der Waals surface area contributed by atoms with Gasteiger partial charge in [0.15, 0.2) is 0 Å². The number of hydrogen-bond donors (Lipinski definition) is 1. The quantitative estimate of drug-likeness (QED) is 0.694. The van der Waals surface area contributed by atoms with Crippen molar-refractivity contribution in [1.82, 2.24) is 9.62 Å². The van der Waals surface area contributed by atoms with Crippen molar-refractivity contribution in [2.75, 3.05) is 33.9 Å². The predicted molar refractivity (Wildman–Crippen MR) is 89.9 cm³/mol. The summed E-state index contributed by atoms with van der Waals surface area (Å²) < 4.78 is 31.6. The van der Waals surface area contributed by atoms with Crippen LogP contribution in [0.2, 0.25) is 0 Å². The highest BCUT2D eigenvalue weighted by molar-refractivity contribution is 7.89. The third kappa shape index (κ3) is 6.29. The Morgan fingerprint density at radius 1 is 1.35 bits per heavy atom. The molecule has 0 aliphatic carbocycles. The number of amides is 1. The lowest BCUT2D eigenvalue weighted by Gasteiger charge is -2.18. The lowest BCUT2D eigenvalue weighted by atomic mass is 10.1. The molecule has 0 atom stereocenters. The van der Waals surface area contributed by atoms with Gasteiger partial charge in [-0.1, -0.05) is 19.9 Å². The summed E-state index contributed by atoms with van der Waals surface area (Å²) in [6, 6.07) is 6.08. The fourth-order valence-corrected chi connectivity index (χ4v) is 2.99. The number of sulfonamides is 1. The van der Waals surface area contributed by atoms with Gasteiger partial charge >= 0.3 is 0 Å². The van der Waals surface area contributed by atoms with E-state index in [-0.39, 0.29) is 24.0 Å². The van der Waals surface area contributed by atoms with Crippen molar-refractivity contribution in [2.45, 2.75) is 25.2 Å². The van der Waals surface area contributed by atoms with Crippen LogP contribution in [0.4, 0.5) is 0 Å². The van der Waals surface area contributed by atoms with Crippen LogP contribution in [-0.2, 0) is 14.8 Å². The maximum absolute atomic E-state index is 12.4. The van der Waals surface area contributed by atoms with E-state index in [2.05, 4.69) is 18.6 Å². The third-order valence-electron chi connectivity index (χ3n) is 3.38. The number of benzene rings is 1. The van der Waals surface area contributed by atoms with Crippen LogP contribution in [0.5, 0.6) is 0 Å². The van der Waals surface area contributed by atoms with E-state index in [1.807, 2.05) is 0 Å². The molecule has 1 N–H and O–H groups in total. The summed E-state index contributed by atoms with van der Waals surface area (Å²) in [7, 11) is -0.415. The minimum absolute atomic E-state index is 0.0803. The summed E-state index contributed by atoms with van der Waals surface area (Å²) in [6.45, 7) is 5.30. The van der Waals surface area contributed by atoms with E-state index >= 15 is 0 Å². The van der Waals surface area contributed by atoms with Crippen molar-refractivity contribution in [3.8, 4) is 0 Å². The summed E-state index contributed by atoms with van der Waals surface area (Å²) in [5.74, 6) is 0.321. The Kier molecular flexibility index (Phi) is 7.67. The monoisotopic (exact) mass is 342 g/mol. The molecule has 1 rings (SSSR count). The van der Waals surface area contributed by atoms with E-state index in [0.717, 1.165) is 6.42 Å². The lowest BCUT2D eigenvalue weighted by molar-refractivity contribution is 0.0789. The first-order valence-corrected chi connectivity index (χ1v) is 9.10. The van der Waals surface area contributed by atoms with E-state index in [0.29, 0.717) is 18.0 Å². The summed E-state index contributed by atoms with van der Waals surface area (Å²) in [6.07, 6.45) is 0.902. The molecule has 0 fully saturated rings. The van der Waals surface area contributed by atoms with Crippen LogP contribution in [0.15, 0.2) is 29.2 Å². The van der Waals surface area contributed by atoms with E-state index in [9.17, 15) is 13.2 Å². The van der Waals surface area contributed by atoms with Gasteiger partial charge in [-0.05, 0) is 30.5 Å². The fraction of sp³-hybridized carbons (Fsp3) is 0.562. The SMILES string of the molecule is COCCNS(=O)(=O)c1cccc(C(=O)N(C)CCC(C)C)c1. The van der Waals surface area contributed by atoms with Gasteiger partial charge in [-0.25, -0.2) is 13.1 Å². The van der Waals surface area contributed by atoms with E-state index < -0.39 is 10.0 Å². The van der Waals surface area contributed by atoms with Gasteiger partial charge in [0.2, 0.25) is 10.0 Å². The first kappa shape index (κ1) is 19.6. The zero-order valence-electron chi connectivity index (χ0n) is 14.2. The van der Waals surface area contributed by atoms with E-state index in [1.54, 1.807) is 24.1 Å². The lowest BCUT2D eigenvalue weighted by Crippen LogP contribution is -2.29. The number of hydrogen-bond acceptors (Lipinski definition) is 4. The highest BCUT2D eigenvalue weighted by Crippen LogP contribution is 2.13. The van der Waals surface area contributed by atoms with Gasteiger partial charge in [0.25, 0.3) is 5.91 Å². The summed E-state index contributed by atoms with van der Waals surface area (Å²) in [5.41, 5.74) is 0.367. The third-order valence-corrected chi connectivity index (χ3v) is 4.84. The Hall–Kier alpha value is -1.44. The summed E-state index contributed by atoms with van der Waals surface area (Å²) in [4.78, 5) is 14.1. The highest BCUT2D eigenvalue weighted by atomic mass is 32.2. The molecular formula is C16H26N2O4S. The standard InChI is InChI=1S/C16H26N2O4S/c1-13(2)8-10-18(3)16(19)14-6-5-7-15(12-14)23(20,21)17-9-11-22-4/h5-7,12-13,17H,8-11H2,1-4H3. The molecule has 0 aliphatic rings. The molecule has 0 heterocycles. The number of carbonyl (C=O) groups is 1. The molecule has 0 saturated heterocycles. The Morgan fingerprint density at radius 3 is 2.65 bits per heavy atom. The predicted octanol–water partition coefficient (Wildman–Crippen LogP) is 1.73. The van der Waals surface area contributed by atoms with Crippen LogP contribution in [0, 0.1) is 5.92 Å². The molecule has 130 valence electrons. The fourth-order valence-electron chi connectivity index (χ4n) is 1.93. The molecule has 0 bridgehead atoms. The van der Waals surface area contributed by atoms with Gasteiger partial charge in [-0.2, -0.15) is 0 Å². The second-order valence-corrected chi connectivity index (χ2v) is 7.59. The maximum Gasteiger partial charge on any atom is 0.253 e. The second-order valence-electron chi connectivity index (χ2n) is 5.83. The second kappa shape index (κ2) is 9.00. The molecule has 0 aromatic heterocycles. The van der Waals surface area contributed by atoms with Crippen LogP contribution in [-0.4, -0.2) is 53.1 Å². The Balaban J connectivity index is 2.85.